The minimum atomic E-state index is -0.774. The number of nitrogens with zero attached hydrogens (tertiary/aromatic N) is 1. The molecule has 2 rings (SSSR count). The molecule has 0 radical (unpaired) electrons. The number of benzene rings is 1. The molecule has 2 aromatic rings. The number of carbonyl (C=O) groups is 1. The third kappa shape index (κ3) is 2.85. The molecule has 1 amide bonds. The third-order valence-corrected chi connectivity index (χ3v) is 2.88. The summed E-state index contributed by atoms with van der Waals surface area (Å²) >= 11 is 5.81. The van der Waals surface area contributed by atoms with E-state index in [0.29, 0.717) is 0 Å². The number of amides is 1. The minimum absolute atomic E-state index is 0.0599. The van der Waals surface area contributed by atoms with E-state index in [0.717, 1.165) is 12.1 Å². The van der Waals surface area contributed by atoms with Gasteiger partial charge in [0, 0.05) is 6.07 Å². The van der Waals surface area contributed by atoms with E-state index in [1.807, 2.05) is 0 Å². The van der Waals surface area contributed by atoms with E-state index in [4.69, 9.17) is 17.3 Å². The summed E-state index contributed by atoms with van der Waals surface area (Å²) in [5, 5.41) is 2.27. The fourth-order valence-corrected chi connectivity index (χ4v) is 1.73. The van der Waals surface area contributed by atoms with Gasteiger partial charge in [0.05, 0.1) is 10.7 Å². The summed E-state index contributed by atoms with van der Waals surface area (Å²) in [6, 6.07) is 4.69. The molecular formula is C13H10ClF2N3O. The fourth-order valence-electron chi connectivity index (χ4n) is 1.54. The molecule has 0 bridgehead atoms. The van der Waals surface area contributed by atoms with Gasteiger partial charge >= 0.3 is 0 Å². The molecule has 4 nitrogen and oxygen atoms in total. The SMILES string of the molecule is Cc1cc(F)c(NC(=O)c2nc(N)ccc2Cl)cc1F. The van der Waals surface area contributed by atoms with Gasteiger partial charge in [-0.3, -0.25) is 4.79 Å². The average molecular weight is 298 g/mol. The van der Waals surface area contributed by atoms with E-state index < -0.39 is 17.5 Å². The van der Waals surface area contributed by atoms with Crippen molar-refractivity contribution < 1.29 is 13.6 Å². The summed E-state index contributed by atoms with van der Waals surface area (Å²) in [4.78, 5) is 15.7. The Balaban J connectivity index is 2.32. The summed E-state index contributed by atoms with van der Waals surface area (Å²) < 4.78 is 27.0. The van der Waals surface area contributed by atoms with E-state index in [-0.39, 0.29) is 27.8 Å². The molecule has 3 N–H and O–H groups in total. The van der Waals surface area contributed by atoms with E-state index in [9.17, 15) is 13.6 Å². The lowest BCUT2D eigenvalue weighted by atomic mass is 10.2. The van der Waals surface area contributed by atoms with Crippen LogP contribution in [0.15, 0.2) is 24.3 Å². The fraction of sp³-hybridized carbons (Fsp3) is 0.0769. The Hall–Kier alpha value is -2.21. The van der Waals surface area contributed by atoms with Gasteiger partial charge in [0.15, 0.2) is 0 Å². The van der Waals surface area contributed by atoms with Gasteiger partial charge in [-0.2, -0.15) is 0 Å². The first-order chi connectivity index (χ1) is 9.38. The molecule has 1 aromatic carbocycles. The lowest BCUT2D eigenvalue weighted by molar-refractivity contribution is 0.102. The summed E-state index contributed by atoms with van der Waals surface area (Å²) in [5.41, 5.74) is 5.13. The third-order valence-electron chi connectivity index (χ3n) is 2.58. The molecule has 0 saturated carbocycles. The standard InChI is InChI=1S/C13H10ClF2N3O/c1-6-4-9(16)10(5-8(6)15)18-13(20)12-7(14)2-3-11(17)19-12/h2-5H,1H3,(H2,17,19)(H,18,20). The summed E-state index contributed by atoms with van der Waals surface area (Å²) in [6.45, 7) is 1.42. The number of nitrogen functional groups attached to an aromatic ring is 1. The van der Waals surface area contributed by atoms with Crippen molar-refractivity contribution in [1.29, 1.82) is 0 Å². The van der Waals surface area contributed by atoms with Gasteiger partial charge in [-0.15, -0.1) is 0 Å². The predicted molar refractivity (Wildman–Crippen MR) is 72.7 cm³/mol. The number of anilines is 2. The maximum Gasteiger partial charge on any atom is 0.275 e. The lowest BCUT2D eigenvalue weighted by Crippen LogP contribution is -2.16. The van der Waals surface area contributed by atoms with Gasteiger partial charge in [-0.05, 0) is 30.7 Å². The summed E-state index contributed by atoms with van der Waals surface area (Å²) in [6.07, 6.45) is 0. The van der Waals surface area contributed by atoms with Crippen LogP contribution in [0.2, 0.25) is 5.02 Å². The Bertz CT molecular complexity index is 692. The number of nitrogens with two attached hydrogens (primary N) is 1. The van der Waals surface area contributed by atoms with E-state index >= 15 is 0 Å². The topological polar surface area (TPSA) is 68.0 Å². The molecular weight excluding hydrogens is 288 g/mol. The number of aryl methyl sites for hydroxylation is 1. The Kier molecular flexibility index (Phi) is 3.85. The van der Waals surface area contributed by atoms with Gasteiger partial charge in [0.2, 0.25) is 0 Å². The van der Waals surface area contributed by atoms with Gasteiger partial charge in [0.25, 0.3) is 5.91 Å². The number of hydrogen-bond acceptors (Lipinski definition) is 3. The molecule has 0 spiro atoms. The molecule has 104 valence electrons. The van der Waals surface area contributed by atoms with Gasteiger partial charge in [0.1, 0.15) is 23.1 Å². The van der Waals surface area contributed by atoms with Crippen molar-refractivity contribution in [2.45, 2.75) is 6.92 Å². The van der Waals surface area contributed by atoms with Crippen LogP contribution in [-0.4, -0.2) is 10.9 Å². The normalized spacial score (nSPS) is 10.4. The highest BCUT2D eigenvalue weighted by Crippen LogP contribution is 2.21. The largest absolute Gasteiger partial charge is 0.384 e. The second kappa shape index (κ2) is 5.42. The number of halogens is 3. The smallest absolute Gasteiger partial charge is 0.275 e. The van der Waals surface area contributed by atoms with Crippen molar-refractivity contribution in [2.24, 2.45) is 0 Å². The van der Waals surface area contributed by atoms with Crippen molar-refractivity contribution in [2.75, 3.05) is 11.1 Å². The van der Waals surface area contributed by atoms with Gasteiger partial charge in [-0.1, -0.05) is 11.6 Å². The number of pyridine rings is 1. The summed E-state index contributed by atoms with van der Waals surface area (Å²) in [7, 11) is 0. The highest BCUT2D eigenvalue weighted by atomic mass is 35.5. The molecule has 0 aliphatic carbocycles. The van der Waals surface area contributed by atoms with Crippen molar-refractivity contribution in [3.05, 3.63) is 52.2 Å². The quantitative estimate of drug-likeness (QED) is 0.894. The van der Waals surface area contributed by atoms with Gasteiger partial charge < -0.3 is 11.1 Å². The Morgan fingerprint density at radius 2 is 2.00 bits per heavy atom. The van der Waals surface area contributed by atoms with Crippen molar-refractivity contribution in [3.63, 3.8) is 0 Å². The zero-order valence-electron chi connectivity index (χ0n) is 10.4. The maximum atomic E-state index is 13.6. The molecule has 20 heavy (non-hydrogen) atoms. The van der Waals surface area contributed by atoms with Gasteiger partial charge in [-0.25, -0.2) is 13.8 Å². The molecule has 7 heteroatoms. The molecule has 0 fully saturated rings. The van der Waals surface area contributed by atoms with E-state index in [1.165, 1.54) is 19.1 Å². The second-order valence-electron chi connectivity index (χ2n) is 4.10. The van der Waals surface area contributed by atoms with Crippen LogP contribution in [0.4, 0.5) is 20.3 Å². The zero-order chi connectivity index (χ0) is 14.9. The van der Waals surface area contributed by atoms with Crippen LogP contribution < -0.4 is 11.1 Å². The molecule has 0 atom stereocenters. The number of hydrogen-bond donors (Lipinski definition) is 2. The van der Waals surface area contributed by atoms with Crippen molar-refractivity contribution in [3.8, 4) is 0 Å². The van der Waals surface area contributed by atoms with Crippen molar-refractivity contribution >= 4 is 29.0 Å². The molecule has 0 aliphatic heterocycles. The monoisotopic (exact) mass is 297 g/mol. The number of aromatic nitrogens is 1. The molecule has 0 aliphatic rings. The molecule has 0 unspecified atom stereocenters. The van der Waals surface area contributed by atoms with Crippen LogP contribution in [-0.2, 0) is 0 Å². The Morgan fingerprint density at radius 3 is 2.70 bits per heavy atom. The first-order valence-corrected chi connectivity index (χ1v) is 5.95. The van der Waals surface area contributed by atoms with Crippen LogP contribution in [0, 0.1) is 18.6 Å². The molecule has 1 heterocycles. The number of nitrogens with one attached hydrogen (secondary N) is 1. The van der Waals surface area contributed by atoms with Crippen LogP contribution in [0.1, 0.15) is 16.1 Å². The van der Waals surface area contributed by atoms with Crippen LogP contribution >= 0.6 is 11.6 Å². The predicted octanol–water partition coefficient (Wildman–Crippen LogP) is 3.16. The number of carbonyl (C=O) groups excluding carboxylic acids is 1. The second-order valence-corrected chi connectivity index (χ2v) is 4.51. The Labute approximate surface area is 118 Å². The maximum absolute atomic E-state index is 13.6. The molecule has 0 saturated heterocycles. The van der Waals surface area contributed by atoms with Crippen LogP contribution in [0.25, 0.3) is 0 Å². The van der Waals surface area contributed by atoms with E-state index in [2.05, 4.69) is 10.3 Å². The average Bonchev–Trinajstić information content (AvgIpc) is 2.38. The van der Waals surface area contributed by atoms with Crippen LogP contribution in [0.5, 0.6) is 0 Å². The highest BCUT2D eigenvalue weighted by molar-refractivity contribution is 6.34. The molecule has 1 aromatic heterocycles. The zero-order valence-corrected chi connectivity index (χ0v) is 11.1. The minimum Gasteiger partial charge on any atom is -0.384 e. The first-order valence-electron chi connectivity index (χ1n) is 5.57. The number of rotatable bonds is 2. The first kappa shape index (κ1) is 14.2. The van der Waals surface area contributed by atoms with Crippen LogP contribution in [0.3, 0.4) is 0 Å². The highest BCUT2D eigenvalue weighted by Gasteiger charge is 2.16. The van der Waals surface area contributed by atoms with E-state index in [1.54, 1.807) is 0 Å². The summed E-state index contributed by atoms with van der Waals surface area (Å²) in [5.74, 6) is -2.06. The lowest BCUT2D eigenvalue weighted by Gasteiger charge is -2.08. The Morgan fingerprint density at radius 1 is 1.30 bits per heavy atom. The van der Waals surface area contributed by atoms with Crippen molar-refractivity contribution in [1.82, 2.24) is 4.98 Å².